The topological polar surface area (TPSA) is 26.3 Å². The predicted octanol–water partition coefficient (Wildman–Crippen LogP) is 6.21. The van der Waals surface area contributed by atoms with E-state index in [-0.39, 0.29) is 29.6 Å². The van der Waals surface area contributed by atoms with E-state index in [1.165, 1.54) is 57.8 Å². The molecule has 0 saturated carbocycles. The summed E-state index contributed by atoms with van der Waals surface area (Å²) in [6, 6.07) is 0. The van der Waals surface area contributed by atoms with Gasteiger partial charge in [0.05, 0.1) is 6.61 Å². The molecular formula is C19H40FNaO2S. The molecule has 0 fully saturated rings. The normalized spacial score (nSPS) is 13.5. The summed E-state index contributed by atoms with van der Waals surface area (Å²) < 4.78 is 30.2. The van der Waals surface area contributed by atoms with Gasteiger partial charge in [0.2, 0.25) is 0 Å². The van der Waals surface area contributed by atoms with Gasteiger partial charge in [-0.1, -0.05) is 90.9 Å². The van der Waals surface area contributed by atoms with E-state index in [0.717, 1.165) is 32.1 Å². The quantitative estimate of drug-likeness (QED) is 0.211. The van der Waals surface area contributed by atoms with Crippen LogP contribution < -0.4 is 0 Å². The predicted molar refractivity (Wildman–Crippen MR) is 107 cm³/mol. The summed E-state index contributed by atoms with van der Waals surface area (Å²) in [5.41, 5.74) is -1.31. The maximum atomic E-state index is 13.5. The van der Waals surface area contributed by atoms with Gasteiger partial charge in [-0.05, 0) is 19.3 Å². The van der Waals surface area contributed by atoms with Gasteiger partial charge in [0.1, 0.15) is 0 Å². The van der Waals surface area contributed by atoms with Gasteiger partial charge in [0, 0.05) is 0 Å². The van der Waals surface area contributed by atoms with E-state index >= 15 is 0 Å². The van der Waals surface area contributed by atoms with Crippen molar-refractivity contribution in [2.24, 2.45) is 0 Å². The Morgan fingerprint density at radius 2 is 1.17 bits per heavy atom. The molecule has 0 heterocycles. The molecule has 2 atom stereocenters. The number of rotatable bonds is 18. The molecule has 0 radical (unpaired) electrons. The summed E-state index contributed by atoms with van der Waals surface area (Å²) in [7, 11) is 0. The van der Waals surface area contributed by atoms with Crippen LogP contribution in [0.4, 0.5) is 4.39 Å². The molecule has 2 unspecified atom stereocenters. The average molecular weight is 375 g/mol. The van der Waals surface area contributed by atoms with Crippen LogP contribution in [0, 0.1) is 0 Å². The first-order valence-corrected chi connectivity index (χ1v) is 11.0. The number of alkyl halides is 1. The fraction of sp³-hybridized carbons (Fsp3) is 1.00. The number of hydrogen-bond donors (Lipinski definition) is 0. The van der Waals surface area contributed by atoms with Crippen LogP contribution in [0.25, 0.3) is 0 Å². The Morgan fingerprint density at radius 3 is 1.67 bits per heavy atom. The summed E-state index contributed by atoms with van der Waals surface area (Å²) in [5.74, 6) is 0. The zero-order chi connectivity index (χ0) is 17.2. The van der Waals surface area contributed by atoms with Gasteiger partial charge in [0.15, 0.2) is 16.6 Å². The van der Waals surface area contributed by atoms with Crippen LogP contribution in [0.5, 0.6) is 0 Å². The van der Waals surface area contributed by atoms with Crippen LogP contribution >= 0.6 is 0 Å². The maximum absolute atomic E-state index is 13.5. The van der Waals surface area contributed by atoms with Crippen LogP contribution in [0.3, 0.4) is 0 Å². The second kappa shape index (κ2) is 22.1. The molecule has 0 rings (SSSR count). The molecule has 0 aromatic rings. The van der Waals surface area contributed by atoms with E-state index in [0.29, 0.717) is 13.0 Å². The molecule has 0 bridgehead atoms. The van der Waals surface area contributed by atoms with Crippen molar-refractivity contribution >= 4 is 40.6 Å². The minimum atomic E-state index is -1.75. The van der Waals surface area contributed by atoms with Crippen molar-refractivity contribution in [3.05, 3.63) is 0 Å². The zero-order valence-corrected chi connectivity index (χ0v) is 16.3. The first-order chi connectivity index (χ1) is 11.2. The van der Waals surface area contributed by atoms with Crippen molar-refractivity contribution in [2.45, 2.75) is 116 Å². The number of halogens is 1. The fourth-order valence-corrected chi connectivity index (χ4v) is 3.42. The zero-order valence-electron chi connectivity index (χ0n) is 15.5. The van der Waals surface area contributed by atoms with Gasteiger partial charge in [-0.15, -0.1) is 0 Å². The second-order valence-electron chi connectivity index (χ2n) is 6.52. The van der Waals surface area contributed by atoms with Crippen molar-refractivity contribution in [3.63, 3.8) is 0 Å². The molecule has 0 N–H and O–H groups in total. The monoisotopic (exact) mass is 374 g/mol. The molecular weight excluding hydrogens is 334 g/mol. The molecule has 0 aromatic carbocycles. The summed E-state index contributed by atoms with van der Waals surface area (Å²) in [6.45, 7) is 4.75. The van der Waals surface area contributed by atoms with Crippen LogP contribution in [0.15, 0.2) is 0 Å². The average Bonchev–Trinajstić information content (AvgIpc) is 2.55. The third kappa shape index (κ3) is 19.4. The minimum absolute atomic E-state index is 0. The van der Waals surface area contributed by atoms with Crippen molar-refractivity contribution in [1.82, 2.24) is 0 Å². The van der Waals surface area contributed by atoms with Crippen molar-refractivity contribution < 1.29 is 12.8 Å². The standard InChI is InChI=1S/C19H39FO2S.Na.H/c1-3-5-7-8-9-10-11-12-13-14-16-18-22-23(21)19(20)17-15-6-4-2;;/h19H,3-18H2,1-2H3;;. The molecule has 0 aromatic heterocycles. The Hall–Kier alpha value is 1.04. The molecule has 0 aliphatic heterocycles. The van der Waals surface area contributed by atoms with Crippen LogP contribution in [0.2, 0.25) is 0 Å². The number of unbranched alkanes of at least 4 members (excludes halogenated alkanes) is 12. The summed E-state index contributed by atoms with van der Waals surface area (Å²) in [5, 5.41) is 0. The Morgan fingerprint density at radius 1 is 0.750 bits per heavy atom. The van der Waals surface area contributed by atoms with E-state index < -0.39 is 16.6 Å². The first kappa shape index (κ1) is 27.3. The van der Waals surface area contributed by atoms with Gasteiger partial charge in [0.25, 0.3) is 0 Å². The summed E-state index contributed by atoms with van der Waals surface area (Å²) in [6.07, 6.45) is 17.2. The van der Waals surface area contributed by atoms with E-state index in [4.69, 9.17) is 4.18 Å². The summed E-state index contributed by atoms with van der Waals surface area (Å²) >= 11 is -1.75. The molecule has 5 heteroatoms. The van der Waals surface area contributed by atoms with Crippen molar-refractivity contribution in [2.75, 3.05) is 6.61 Å². The van der Waals surface area contributed by atoms with Crippen LogP contribution in [-0.4, -0.2) is 45.9 Å². The van der Waals surface area contributed by atoms with E-state index in [2.05, 4.69) is 13.8 Å². The fourth-order valence-electron chi connectivity index (χ4n) is 2.63. The first-order valence-electron chi connectivity index (χ1n) is 9.90. The van der Waals surface area contributed by atoms with E-state index in [1.807, 2.05) is 0 Å². The molecule has 0 amide bonds. The summed E-state index contributed by atoms with van der Waals surface area (Å²) in [4.78, 5) is 0. The van der Waals surface area contributed by atoms with E-state index in [9.17, 15) is 8.60 Å². The third-order valence-corrected chi connectivity index (χ3v) is 5.24. The Balaban J connectivity index is 0. The van der Waals surface area contributed by atoms with Gasteiger partial charge in [-0.25, -0.2) is 8.60 Å². The molecule has 0 saturated heterocycles. The molecule has 0 spiro atoms. The second-order valence-corrected chi connectivity index (χ2v) is 7.79. The number of hydrogen-bond acceptors (Lipinski definition) is 2. The Labute approximate surface area is 175 Å². The molecule has 0 aliphatic rings. The van der Waals surface area contributed by atoms with Crippen LogP contribution in [0.1, 0.15) is 110 Å². The van der Waals surface area contributed by atoms with Gasteiger partial charge in [-0.3, -0.25) is 4.18 Å². The molecule has 24 heavy (non-hydrogen) atoms. The molecule has 2 nitrogen and oxygen atoms in total. The van der Waals surface area contributed by atoms with Crippen molar-refractivity contribution in [3.8, 4) is 0 Å². The van der Waals surface area contributed by atoms with E-state index in [1.54, 1.807) is 0 Å². The van der Waals surface area contributed by atoms with Gasteiger partial charge >= 0.3 is 29.6 Å². The van der Waals surface area contributed by atoms with Crippen LogP contribution in [-0.2, 0) is 15.3 Å². The Bertz CT molecular complexity index is 268. The van der Waals surface area contributed by atoms with Gasteiger partial charge < -0.3 is 0 Å². The third-order valence-electron chi connectivity index (χ3n) is 4.19. The molecule has 142 valence electrons. The SMILES string of the molecule is CCCCCCCCCCCCCOS(=O)C(F)CCCCC.[NaH]. The van der Waals surface area contributed by atoms with Gasteiger partial charge in [-0.2, -0.15) is 0 Å². The van der Waals surface area contributed by atoms with Crippen molar-refractivity contribution in [1.29, 1.82) is 0 Å². The Kier molecular flexibility index (Phi) is 25.1. The molecule has 0 aliphatic carbocycles.